The molecule has 2 aromatic carbocycles. The number of halogens is 3. The Bertz CT molecular complexity index is 983. The molecule has 30 heavy (non-hydrogen) atoms. The quantitative estimate of drug-likeness (QED) is 0.775. The van der Waals surface area contributed by atoms with Gasteiger partial charge in [0.05, 0.1) is 11.3 Å². The highest BCUT2D eigenvalue weighted by Gasteiger charge is 2.30. The molecule has 0 aliphatic carbocycles. The molecule has 1 N–H and O–H groups in total. The van der Waals surface area contributed by atoms with E-state index < -0.39 is 27.7 Å². The summed E-state index contributed by atoms with van der Waals surface area (Å²) in [4.78, 5) is 14.4. The largest absolute Gasteiger partial charge is 0.416 e. The van der Waals surface area contributed by atoms with Gasteiger partial charge in [-0.25, -0.2) is 8.42 Å². The minimum atomic E-state index is -4.44. The molecule has 1 aliphatic rings. The predicted molar refractivity (Wildman–Crippen MR) is 108 cm³/mol. The summed E-state index contributed by atoms with van der Waals surface area (Å²) >= 11 is 0. The first-order chi connectivity index (χ1) is 14.0. The van der Waals surface area contributed by atoms with Crippen LogP contribution in [-0.2, 0) is 22.0 Å². The zero-order chi connectivity index (χ0) is 21.9. The second kappa shape index (κ2) is 8.75. The maximum atomic E-state index is 12.6. The monoisotopic (exact) mass is 441 g/mol. The number of hydrogen-bond donors (Lipinski definition) is 1. The molecular formula is C20H22F3N3O3S. The van der Waals surface area contributed by atoms with Crippen molar-refractivity contribution in [3.8, 4) is 0 Å². The maximum Gasteiger partial charge on any atom is 0.416 e. The van der Waals surface area contributed by atoms with Gasteiger partial charge in [0.15, 0.2) is 0 Å². The van der Waals surface area contributed by atoms with Gasteiger partial charge in [0.1, 0.15) is 0 Å². The van der Waals surface area contributed by atoms with Crippen LogP contribution >= 0.6 is 0 Å². The Kier molecular flexibility index (Phi) is 6.49. The first-order valence-electron chi connectivity index (χ1n) is 9.28. The van der Waals surface area contributed by atoms with E-state index in [-0.39, 0.29) is 17.0 Å². The van der Waals surface area contributed by atoms with Crippen molar-refractivity contribution in [1.29, 1.82) is 0 Å². The number of likely N-dealkylation sites (N-methyl/N-ethyl adjacent to an activating group) is 1. The predicted octanol–water partition coefficient (Wildman–Crippen LogP) is 3.03. The third-order valence-electron chi connectivity index (χ3n) is 4.89. The Morgan fingerprint density at radius 1 is 0.967 bits per heavy atom. The number of hydrogen-bond acceptors (Lipinski definition) is 4. The van der Waals surface area contributed by atoms with Crippen LogP contribution in [0.5, 0.6) is 0 Å². The molecule has 1 aliphatic heterocycles. The molecule has 0 saturated carbocycles. The maximum absolute atomic E-state index is 12.6. The molecule has 0 spiro atoms. The van der Waals surface area contributed by atoms with E-state index in [0.29, 0.717) is 31.7 Å². The summed E-state index contributed by atoms with van der Waals surface area (Å²) < 4.78 is 64.4. The average Bonchev–Trinajstić information content (AvgIpc) is 2.68. The van der Waals surface area contributed by atoms with Gasteiger partial charge in [-0.3, -0.25) is 4.79 Å². The standard InChI is InChI=1S/C20H22F3N3O3S/c1-25-10-12-26(13-11-25)30(28,29)14-15-2-4-16(5-3-15)19(27)24-18-8-6-17(7-9-18)20(21,22)23/h2-9H,10-14H2,1H3,(H,24,27). The van der Waals surface area contributed by atoms with Gasteiger partial charge < -0.3 is 10.2 Å². The number of carbonyl (C=O) groups excluding carboxylic acids is 1. The van der Waals surface area contributed by atoms with Gasteiger partial charge in [0.2, 0.25) is 10.0 Å². The highest BCUT2D eigenvalue weighted by atomic mass is 32.2. The van der Waals surface area contributed by atoms with Crippen LogP contribution in [0.15, 0.2) is 48.5 Å². The van der Waals surface area contributed by atoms with E-state index in [1.807, 2.05) is 7.05 Å². The molecule has 0 aromatic heterocycles. The molecule has 10 heteroatoms. The van der Waals surface area contributed by atoms with E-state index >= 15 is 0 Å². The van der Waals surface area contributed by atoms with Gasteiger partial charge >= 0.3 is 6.18 Å². The molecule has 0 atom stereocenters. The molecule has 1 amide bonds. The van der Waals surface area contributed by atoms with Crippen molar-refractivity contribution in [1.82, 2.24) is 9.21 Å². The van der Waals surface area contributed by atoms with Crippen LogP contribution < -0.4 is 5.32 Å². The fraction of sp³-hybridized carbons (Fsp3) is 0.350. The van der Waals surface area contributed by atoms with Crippen LogP contribution in [0, 0.1) is 0 Å². The smallest absolute Gasteiger partial charge is 0.322 e. The van der Waals surface area contributed by atoms with Gasteiger partial charge in [-0.05, 0) is 49.0 Å². The lowest BCUT2D eigenvalue weighted by molar-refractivity contribution is -0.137. The number of sulfonamides is 1. The lowest BCUT2D eigenvalue weighted by Crippen LogP contribution is -2.47. The zero-order valence-electron chi connectivity index (χ0n) is 16.3. The van der Waals surface area contributed by atoms with E-state index in [4.69, 9.17) is 0 Å². The molecule has 1 fully saturated rings. The Hall–Kier alpha value is -2.43. The lowest BCUT2D eigenvalue weighted by Gasteiger charge is -2.31. The Balaban J connectivity index is 1.61. The SMILES string of the molecule is CN1CCN(S(=O)(=O)Cc2ccc(C(=O)Nc3ccc(C(F)(F)F)cc3)cc2)CC1. The second-order valence-corrected chi connectivity index (χ2v) is 9.15. The van der Waals surface area contributed by atoms with Gasteiger partial charge in [0.25, 0.3) is 5.91 Å². The first-order valence-corrected chi connectivity index (χ1v) is 10.9. The minimum absolute atomic E-state index is 0.155. The number of carbonyl (C=O) groups is 1. The molecular weight excluding hydrogens is 419 g/mol. The van der Waals surface area contributed by atoms with Gasteiger partial charge in [-0.15, -0.1) is 0 Å². The summed E-state index contributed by atoms with van der Waals surface area (Å²) in [6, 6.07) is 10.3. The topological polar surface area (TPSA) is 69.7 Å². The van der Waals surface area contributed by atoms with Crippen molar-refractivity contribution in [2.45, 2.75) is 11.9 Å². The highest BCUT2D eigenvalue weighted by molar-refractivity contribution is 7.88. The summed E-state index contributed by atoms with van der Waals surface area (Å²) in [5.74, 6) is -0.652. The van der Waals surface area contributed by atoms with E-state index in [9.17, 15) is 26.4 Å². The molecule has 1 heterocycles. The molecule has 0 bridgehead atoms. The number of anilines is 1. The fourth-order valence-electron chi connectivity index (χ4n) is 3.07. The number of benzene rings is 2. The Morgan fingerprint density at radius 2 is 1.53 bits per heavy atom. The third kappa shape index (κ3) is 5.59. The van der Waals surface area contributed by atoms with Gasteiger partial charge in [-0.2, -0.15) is 17.5 Å². The van der Waals surface area contributed by atoms with Crippen LogP contribution in [0.25, 0.3) is 0 Å². The van der Waals surface area contributed by atoms with Gasteiger partial charge in [-0.1, -0.05) is 12.1 Å². The molecule has 0 unspecified atom stereocenters. The third-order valence-corrected chi connectivity index (χ3v) is 6.74. The van der Waals surface area contributed by atoms with Crippen molar-refractivity contribution < 1.29 is 26.4 Å². The summed E-state index contributed by atoms with van der Waals surface area (Å²) in [5, 5.41) is 2.52. The van der Waals surface area contributed by atoms with E-state index in [1.165, 1.54) is 28.6 Å². The normalized spacial score (nSPS) is 16.4. The van der Waals surface area contributed by atoms with Crippen molar-refractivity contribution in [3.05, 3.63) is 65.2 Å². The van der Waals surface area contributed by atoms with Crippen LogP contribution in [0.4, 0.5) is 18.9 Å². The number of alkyl halides is 3. The summed E-state index contributed by atoms with van der Waals surface area (Å²) in [7, 11) is -1.50. The Labute approximate surface area is 173 Å². The van der Waals surface area contributed by atoms with E-state index in [0.717, 1.165) is 12.1 Å². The van der Waals surface area contributed by atoms with E-state index in [2.05, 4.69) is 10.2 Å². The summed E-state index contributed by atoms with van der Waals surface area (Å²) in [5.41, 5.74) is 0.261. The molecule has 0 radical (unpaired) electrons. The fourth-order valence-corrected chi connectivity index (χ4v) is 4.58. The van der Waals surface area contributed by atoms with Gasteiger partial charge in [0, 0.05) is 37.4 Å². The molecule has 1 saturated heterocycles. The van der Waals surface area contributed by atoms with E-state index in [1.54, 1.807) is 12.1 Å². The first kappa shape index (κ1) is 22.3. The molecule has 162 valence electrons. The van der Waals surface area contributed by atoms with Crippen LogP contribution in [-0.4, -0.2) is 56.8 Å². The number of rotatable bonds is 5. The van der Waals surface area contributed by atoms with Crippen molar-refractivity contribution in [3.63, 3.8) is 0 Å². The zero-order valence-corrected chi connectivity index (χ0v) is 17.1. The average molecular weight is 441 g/mol. The van der Waals surface area contributed by atoms with Crippen molar-refractivity contribution in [2.75, 3.05) is 38.5 Å². The number of amides is 1. The number of nitrogens with one attached hydrogen (secondary N) is 1. The van der Waals surface area contributed by atoms with Crippen LogP contribution in [0.2, 0.25) is 0 Å². The summed E-state index contributed by atoms with van der Waals surface area (Å²) in [6.07, 6.45) is -4.44. The van der Waals surface area contributed by atoms with Crippen LogP contribution in [0.1, 0.15) is 21.5 Å². The molecule has 6 nitrogen and oxygen atoms in total. The van der Waals surface area contributed by atoms with Crippen molar-refractivity contribution >= 4 is 21.6 Å². The molecule has 2 aromatic rings. The minimum Gasteiger partial charge on any atom is -0.322 e. The Morgan fingerprint density at radius 3 is 2.07 bits per heavy atom. The highest BCUT2D eigenvalue weighted by Crippen LogP contribution is 2.29. The second-order valence-electron chi connectivity index (χ2n) is 7.18. The van der Waals surface area contributed by atoms with Crippen molar-refractivity contribution in [2.24, 2.45) is 0 Å². The lowest BCUT2D eigenvalue weighted by atomic mass is 10.1. The summed E-state index contributed by atoms with van der Waals surface area (Å²) in [6.45, 7) is 2.27. The van der Waals surface area contributed by atoms with Crippen LogP contribution in [0.3, 0.4) is 0 Å². The molecule has 3 rings (SSSR count). The number of piperazine rings is 1. The number of nitrogens with zero attached hydrogens (tertiary/aromatic N) is 2.